The third kappa shape index (κ3) is 3.32. The van der Waals surface area contributed by atoms with Gasteiger partial charge in [-0.05, 0) is 31.0 Å². The zero-order chi connectivity index (χ0) is 12.9. The first-order valence-corrected chi connectivity index (χ1v) is 7.37. The molecule has 0 radical (unpaired) electrons. The molecule has 0 N–H and O–H groups in total. The van der Waals surface area contributed by atoms with Crippen LogP contribution in [0.15, 0.2) is 24.5 Å². The summed E-state index contributed by atoms with van der Waals surface area (Å²) in [5, 5.41) is 0. The van der Waals surface area contributed by atoms with Gasteiger partial charge in [0.15, 0.2) is 0 Å². The number of morpholine rings is 1. The summed E-state index contributed by atoms with van der Waals surface area (Å²) < 4.78 is 5.40. The molecule has 1 atom stereocenters. The second-order valence-corrected chi connectivity index (χ2v) is 5.43. The van der Waals surface area contributed by atoms with Crippen molar-refractivity contribution >= 4 is 0 Å². The number of likely N-dealkylation sites (tertiary alicyclic amines) is 1. The van der Waals surface area contributed by atoms with E-state index in [4.69, 9.17) is 4.74 Å². The Balaban J connectivity index is 1.54. The third-order valence-electron chi connectivity index (χ3n) is 4.24. The fourth-order valence-electron chi connectivity index (χ4n) is 3.14. The highest BCUT2D eigenvalue weighted by Gasteiger charge is 2.26. The fourth-order valence-corrected chi connectivity index (χ4v) is 3.14. The molecule has 0 unspecified atom stereocenters. The van der Waals surface area contributed by atoms with Gasteiger partial charge in [0, 0.05) is 44.6 Å². The van der Waals surface area contributed by atoms with E-state index in [9.17, 15) is 0 Å². The zero-order valence-electron chi connectivity index (χ0n) is 11.5. The third-order valence-corrected chi connectivity index (χ3v) is 4.24. The Bertz CT molecular complexity index is 378. The van der Waals surface area contributed by atoms with E-state index in [-0.39, 0.29) is 0 Å². The van der Waals surface area contributed by atoms with E-state index < -0.39 is 0 Å². The summed E-state index contributed by atoms with van der Waals surface area (Å²) >= 11 is 0. The quantitative estimate of drug-likeness (QED) is 0.822. The second kappa shape index (κ2) is 6.46. The van der Waals surface area contributed by atoms with Gasteiger partial charge in [-0.1, -0.05) is 6.07 Å². The highest BCUT2D eigenvalue weighted by molar-refractivity contribution is 5.15. The molecule has 0 aliphatic carbocycles. The summed E-state index contributed by atoms with van der Waals surface area (Å²) in [5.74, 6) is 0. The molecular formula is C15H23N3O. The minimum Gasteiger partial charge on any atom is -0.379 e. The lowest BCUT2D eigenvalue weighted by Crippen LogP contribution is -2.41. The van der Waals surface area contributed by atoms with Crippen molar-refractivity contribution in [2.75, 3.05) is 45.9 Å². The van der Waals surface area contributed by atoms with E-state index in [1.54, 1.807) is 0 Å². The lowest BCUT2D eigenvalue weighted by molar-refractivity contribution is 0.0327. The molecule has 1 aromatic rings. The van der Waals surface area contributed by atoms with E-state index in [0.717, 1.165) is 26.3 Å². The first-order valence-electron chi connectivity index (χ1n) is 7.37. The summed E-state index contributed by atoms with van der Waals surface area (Å²) in [7, 11) is 0. The van der Waals surface area contributed by atoms with Gasteiger partial charge in [0.25, 0.3) is 0 Å². The van der Waals surface area contributed by atoms with Crippen molar-refractivity contribution < 1.29 is 4.74 Å². The summed E-state index contributed by atoms with van der Waals surface area (Å²) in [4.78, 5) is 9.39. The monoisotopic (exact) mass is 261 g/mol. The van der Waals surface area contributed by atoms with Gasteiger partial charge in [-0.25, -0.2) is 0 Å². The van der Waals surface area contributed by atoms with Crippen LogP contribution in [0.3, 0.4) is 0 Å². The molecule has 0 saturated carbocycles. The molecule has 0 bridgehead atoms. The van der Waals surface area contributed by atoms with E-state index >= 15 is 0 Å². The molecule has 2 saturated heterocycles. The molecule has 2 fully saturated rings. The summed E-state index contributed by atoms with van der Waals surface area (Å²) in [5.41, 5.74) is 1.38. The Morgan fingerprint density at radius 2 is 2.11 bits per heavy atom. The Hall–Kier alpha value is -0.970. The van der Waals surface area contributed by atoms with Crippen LogP contribution >= 0.6 is 0 Å². The van der Waals surface area contributed by atoms with Crippen molar-refractivity contribution in [1.82, 2.24) is 14.8 Å². The normalized spacial score (nSPS) is 25.8. The summed E-state index contributed by atoms with van der Waals surface area (Å²) in [6.45, 7) is 7.53. The van der Waals surface area contributed by atoms with E-state index in [1.165, 1.54) is 38.0 Å². The molecule has 4 heteroatoms. The van der Waals surface area contributed by atoms with Crippen LogP contribution in [0.4, 0.5) is 0 Å². The number of pyridine rings is 1. The highest BCUT2D eigenvalue weighted by Crippen LogP contribution is 2.30. The van der Waals surface area contributed by atoms with Gasteiger partial charge in [-0.15, -0.1) is 0 Å². The Morgan fingerprint density at radius 1 is 1.21 bits per heavy atom. The van der Waals surface area contributed by atoms with Crippen molar-refractivity contribution in [1.29, 1.82) is 0 Å². The van der Waals surface area contributed by atoms with Crippen molar-refractivity contribution in [3.8, 4) is 0 Å². The number of aromatic nitrogens is 1. The van der Waals surface area contributed by atoms with Crippen LogP contribution in [-0.4, -0.2) is 60.7 Å². The summed E-state index contributed by atoms with van der Waals surface area (Å²) in [6.07, 6.45) is 6.46. The topological polar surface area (TPSA) is 28.6 Å². The lowest BCUT2D eigenvalue weighted by atomic mass is 10.1. The average Bonchev–Trinajstić information content (AvgIpc) is 2.95. The number of nitrogens with zero attached hydrogens (tertiary/aromatic N) is 3. The zero-order valence-corrected chi connectivity index (χ0v) is 11.5. The predicted octanol–water partition coefficient (Wildman–Crippen LogP) is 1.55. The van der Waals surface area contributed by atoms with Crippen molar-refractivity contribution in [3.63, 3.8) is 0 Å². The second-order valence-electron chi connectivity index (χ2n) is 5.43. The molecule has 4 nitrogen and oxygen atoms in total. The van der Waals surface area contributed by atoms with E-state index in [0.29, 0.717) is 6.04 Å². The van der Waals surface area contributed by atoms with Crippen LogP contribution in [0, 0.1) is 0 Å². The first kappa shape index (κ1) is 13.0. The Labute approximate surface area is 115 Å². The Morgan fingerprint density at radius 3 is 2.89 bits per heavy atom. The van der Waals surface area contributed by atoms with Gasteiger partial charge < -0.3 is 4.74 Å². The molecule has 0 aromatic carbocycles. The molecule has 104 valence electrons. The molecular weight excluding hydrogens is 238 g/mol. The number of rotatable bonds is 4. The van der Waals surface area contributed by atoms with Crippen LogP contribution in [0.2, 0.25) is 0 Å². The van der Waals surface area contributed by atoms with Crippen molar-refractivity contribution in [2.45, 2.75) is 18.9 Å². The molecule has 3 rings (SSSR count). The van der Waals surface area contributed by atoms with Crippen molar-refractivity contribution in [3.05, 3.63) is 30.1 Å². The van der Waals surface area contributed by atoms with Crippen LogP contribution in [0.25, 0.3) is 0 Å². The van der Waals surface area contributed by atoms with Gasteiger partial charge in [-0.2, -0.15) is 0 Å². The number of hydrogen-bond acceptors (Lipinski definition) is 4. The van der Waals surface area contributed by atoms with E-state index in [1.807, 2.05) is 18.5 Å². The van der Waals surface area contributed by atoms with Crippen LogP contribution in [-0.2, 0) is 4.74 Å². The predicted molar refractivity (Wildman–Crippen MR) is 75.0 cm³/mol. The van der Waals surface area contributed by atoms with Gasteiger partial charge >= 0.3 is 0 Å². The van der Waals surface area contributed by atoms with Gasteiger partial charge in [-0.3, -0.25) is 14.8 Å². The van der Waals surface area contributed by atoms with Crippen LogP contribution < -0.4 is 0 Å². The molecule has 0 spiro atoms. The maximum absolute atomic E-state index is 5.40. The van der Waals surface area contributed by atoms with E-state index in [2.05, 4.69) is 20.9 Å². The molecule has 0 amide bonds. The molecule has 1 aromatic heterocycles. The maximum Gasteiger partial charge on any atom is 0.0594 e. The smallest absolute Gasteiger partial charge is 0.0594 e. The highest BCUT2D eigenvalue weighted by atomic mass is 16.5. The molecule has 19 heavy (non-hydrogen) atoms. The fraction of sp³-hybridized carbons (Fsp3) is 0.667. The standard InChI is InChI=1S/C15H23N3O/c1-3-14(13-16-5-1)15-4-2-6-18(15)8-7-17-9-11-19-12-10-17/h1,3,5,13,15H,2,4,6-12H2/t15-/m1/s1. The largest absolute Gasteiger partial charge is 0.379 e. The first-order chi connectivity index (χ1) is 9.43. The number of ether oxygens (including phenoxy) is 1. The lowest BCUT2D eigenvalue weighted by Gasteiger charge is -2.30. The maximum atomic E-state index is 5.40. The van der Waals surface area contributed by atoms with Crippen LogP contribution in [0.1, 0.15) is 24.4 Å². The molecule has 2 aliphatic heterocycles. The minimum absolute atomic E-state index is 0.578. The van der Waals surface area contributed by atoms with Gasteiger partial charge in [0.2, 0.25) is 0 Å². The van der Waals surface area contributed by atoms with Gasteiger partial charge in [0.1, 0.15) is 0 Å². The SMILES string of the molecule is c1cncc([C@H]2CCCN2CCN2CCOCC2)c1. The summed E-state index contributed by atoms with van der Waals surface area (Å²) in [6, 6.07) is 4.84. The Kier molecular flexibility index (Phi) is 4.43. The molecule has 2 aliphatic rings. The molecule has 3 heterocycles. The minimum atomic E-state index is 0.578. The number of hydrogen-bond donors (Lipinski definition) is 0. The van der Waals surface area contributed by atoms with Gasteiger partial charge in [0.05, 0.1) is 13.2 Å². The van der Waals surface area contributed by atoms with Crippen LogP contribution in [0.5, 0.6) is 0 Å². The average molecular weight is 261 g/mol. The van der Waals surface area contributed by atoms with Crippen molar-refractivity contribution in [2.24, 2.45) is 0 Å².